The fourth-order valence-electron chi connectivity index (χ4n) is 2.05. The number of nitrogens with zero attached hydrogens (tertiary/aromatic N) is 2. The van der Waals surface area contributed by atoms with E-state index >= 15 is 0 Å². The lowest BCUT2D eigenvalue weighted by atomic mass is 10.0. The van der Waals surface area contributed by atoms with Crippen LogP contribution in [0, 0.1) is 0 Å². The summed E-state index contributed by atoms with van der Waals surface area (Å²) in [6.07, 6.45) is 3.72. The van der Waals surface area contributed by atoms with E-state index in [0.717, 1.165) is 13.1 Å². The van der Waals surface area contributed by atoms with E-state index in [9.17, 15) is 0 Å². The normalized spacial score (nSPS) is 29.0. The Morgan fingerprint density at radius 3 is 2.79 bits per heavy atom. The Morgan fingerprint density at radius 2 is 2.14 bits per heavy atom. The van der Waals surface area contributed by atoms with E-state index in [0.29, 0.717) is 12.1 Å². The third kappa shape index (κ3) is 1.94. The maximum absolute atomic E-state index is 4.04. The summed E-state index contributed by atoms with van der Waals surface area (Å²) in [6, 6.07) is 5.28. The third-order valence-corrected chi connectivity index (χ3v) is 2.84. The molecule has 3 heteroatoms. The smallest absolute Gasteiger partial charge is 0.0471 e. The number of likely N-dealkylation sites (N-methyl/N-ethyl adjacent to an activating group) is 1. The van der Waals surface area contributed by atoms with E-state index in [1.807, 2.05) is 12.4 Å². The molecule has 14 heavy (non-hydrogen) atoms. The van der Waals surface area contributed by atoms with Crippen molar-refractivity contribution in [1.29, 1.82) is 0 Å². The fourth-order valence-corrected chi connectivity index (χ4v) is 2.05. The van der Waals surface area contributed by atoms with Gasteiger partial charge < -0.3 is 5.32 Å². The van der Waals surface area contributed by atoms with Crippen LogP contribution in [0.1, 0.15) is 18.5 Å². The number of hydrogen-bond donors (Lipinski definition) is 1. The van der Waals surface area contributed by atoms with Gasteiger partial charge in [-0.2, -0.15) is 0 Å². The summed E-state index contributed by atoms with van der Waals surface area (Å²) in [6.45, 7) is 4.36. The van der Waals surface area contributed by atoms with E-state index < -0.39 is 0 Å². The Balaban J connectivity index is 2.12. The number of nitrogens with one attached hydrogen (secondary N) is 1. The molecule has 2 heterocycles. The van der Waals surface area contributed by atoms with Gasteiger partial charge in [0.15, 0.2) is 0 Å². The molecule has 1 aliphatic heterocycles. The zero-order valence-electron chi connectivity index (χ0n) is 8.77. The first kappa shape index (κ1) is 9.62. The molecule has 2 rings (SSSR count). The summed E-state index contributed by atoms with van der Waals surface area (Å²) < 4.78 is 0. The van der Waals surface area contributed by atoms with Gasteiger partial charge in [-0.05, 0) is 31.7 Å². The molecule has 1 aromatic heterocycles. The Labute approximate surface area is 85.1 Å². The molecule has 0 aromatic carbocycles. The molecule has 1 N–H and O–H groups in total. The number of hydrogen-bond acceptors (Lipinski definition) is 3. The van der Waals surface area contributed by atoms with Gasteiger partial charge in [-0.15, -0.1) is 0 Å². The zero-order chi connectivity index (χ0) is 9.97. The molecule has 76 valence electrons. The van der Waals surface area contributed by atoms with E-state index in [-0.39, 0.29) is 0 Å². The molecule has 1 aromatic rings. The maximum atomic E-state index is 4.04. The Kier molecular flexibility index (Phi) is 2.79. The van der Waals surface area contributed by atoms with Crippen molar-refractivity contribution in [1.82, 2.24) is 15.2 Å². The van der Waals surface area contributed by atoms with Crippen molar-refractivity contribution < 1.29 is 0 Å². The van der Waals surface area contributed by atoms with Crippen LogP contribution in [0.3, 0.4) is 0 Å². The van der Waals surface area contributed by atoms with E-state index in [1.165, 1.54) is 5.56 Å². The molecule has 2 atom stereocenters. The highest BCUT2D eigenvalue weighted by molar-refractivity contribution is 5.16. The minimum Gasteiger partial charge on any atom is -0.311 e. The molecule has 0 spiro atoms. The number of pyridine rings is 1. The molecule has 0 amide bonds. The van der Waals surface area contributed by atoms with Crippen LogP contribution in [0.4, 0.5) is 0 Å². The number of piperazine rings is 1. The SMILES string of the molecule is CC1CN(C)C(c2ccncc2)CN1. The molecule has 0 aliphatic carbocycles. The van der Waals surface area contributed by atoms with Crippen molar-refractivity contribution in [2.45, 2.75) is 19.0 Å². The van der Waals surface area contributed by atoms with Crippen LogP contribution in [0.2, 0.25) is 0 Å². The van der Waals surface area contributed by atoms with Gasteiger partial charge in [-0.25, -0.2) is 0 Å². The third-order valence-electron chi connectivity index (χ3n) is 2.84. The molecule has 3 nitrogen and oxygen atoms in total. The van der Waals surface area contributed by atoms with E-state index in [1.54, 1.807) is 0 Å². The summed E-state index contributed by atoms with van der Waals surface area (Å²) >= 11 is 0. The van der Waals surface area contributed by atoms with Crippen LogP contribution in [0.5, 0.6) is 0 Å². The molecule has 0 saturated carbocycles. The first-order chi connectivity index (χ1) is 6.77. The largest absolute Gasteiger partial charge is 0.311 e. The quantitative estimate of drug-likeness (QED) is 0.719. The average Bonchev–Trinajstić information content (AvgIpc) is 2.19. The van der Waals surface area contributed by atoms with Crippen LogP contribution in [-0.4, -0.2) is 36.1 Å². The molecule has 2 unspecified atom stereocenters. The first-order valence-electron chi connectivity index (χ1n) is 5.11. The molecule has 0 radical (unpaired) electrons. The second-order valence-corrected chi connectivity index (χ2v) is 4.05. The van der Waals surface area contributed by atoms with Gasteiger partial charge in [0, 0.05) is 37.6 Å². The molecular weight excluding hydrogens is 174 g/mol. The fraction of sp³-hybridized carbons (Fsp3) is 0.545. The lowest BCUT2D eigenvalue weighted by Gasteiger charge is -2.36. The Hall–Kier alpha value is -0.930. The summed E-state index contributed by atoms with van der Waals surface area (Å²) in [5, 5.41) is 3.50. The van der Waals surface area contributed by atoms with Gasteiger partial charge in [0.25, 0.3) is 0 Å². The van der Waals surface area contributed by atoms with Crippen molar-refractivity contribution in [3.05, 3.63) is 30.1 Å². The highest BCUT2D eigenvalue weighted by Gasteiger charge is 2.23. The first-order valence-corrected chi connectivity index (χ1v) is 5.11. The minimum atomic E-state index is 0.495. The lowest BCUT2D eigenvalue weighted by molar-refractivity contribution is 0.171. The highest BCUT2D eigenvalue weighted by atomic mass is 15.2. The topological polar surface area (TPSA) is 28.2 Å². The predicted octanol–water partition coefficient (Wildman–Crippen LogP) is 1.05. The Morgan fingerprint density at radius 1 is 1.43 bits per heavy atom. The average molecular weight is 191 g/mol. The van der Waals surface area contributed by atoms with Crippen molar-refractivity contribution in [2.24, 2.45) is 0 Å². The van der Waals surface area contributed by atoms with Crippen molar-refractivity contribution in [3.63, 3.8) is 0 Å². The van der Waals surface area contributed by atoms with Crippen LogP contribution in [0.25, 0.3) is 0 Å². The monoisotopic (exact) mass is 191 g/mol. The minimum absolute atomic E-state index is 0.495. The second kappa shape index (κ2) is 4.07. The standard InChI is InChI=1S/C11H17N3/c1-9-8-14(2)11(7-13-9)10-3-5-12-6-4-10/h3-6,9,11,13H,7-8H2,1-2H3. The van der Waals surface area contributed by atoms with Gasteiger partial charge in [-0.3, -0.25) is 9.88 Å². The molecular formula is C11H17N3. The van der Waals surface area contributed by atoms with Crippen LogP contribution < -0.4 is 5.32 Å². The van der Waals surface area contributed by atoms with E-state index in [2.05, 4.69) is 41.3 Å². The number of aromatic nitrogens is 1. The number of rotatable bonds is 1. The van der Waals surface area contributed by atoms with E-state index in [4.69, 9.17) is 0 Å². The summed E-state index contributed by atoms with van der Waals surface area (Å²) in [4.78, 5) is 6.44. The van der Waals surface area contributed by atoms with Crippen molar-refractivity contribution in [2.75, 3.05) is 20.1 Å². The van der Waals surface area contributed by atoms with Gasteiger partial charge in [-0.1, -0.05) is 0 Å². The second-order valence-electron chi connectivity index (χ2n) is 4.05. The maximum Gasteiger partial charge on any atom is 0.0471 e. The molecule has 1 aliphatic rings. The summed E-state index contributed by atoms with van der Waals surface area (Å²) in [5.41, 5.74) is 1.35. The van der Waals surface area contributed by atoms with Gasteiger partial charge in [0.05, 0.1) is 0 Å². The van der Waals surface area contributed by atoms with Crippen LogP contribution >= 0.6 is 0 Å². The zero-order valence-corrected chi connectivity index (χ0v) is 8.77. The molecule has 1 fully saturated rings. The summed E-state index contributed by atoms with van der Waals surface area (Å²) in [5.74, 6) is 0. The van der Waals surface area contributed by atoms with Gasteiger partial charge >= 0.3 is 0 Å². The van der Waals surface area contributed by atoms with Gasteiger partial charge in [0.2, 0.25) is 0 Å². The van der Waals surface area contributed by atoms with Crippen molar-refractivity contribution in [3.8, 4) is 0 Å². The highest BCUT2D eigenvalue weighted by Crippen LogP contribution is 2.20. The summed E-state index contributed by atoms with van der Waals surface area (Å²) in [7, 11) is 2.18. The molecule has 0 bridgehead atoms. The molecule has 1 saturated heterocycles. The van der Waals surface area contributed by atoms with Gasteiger partial charge in [0.1, 0.15) is 0 Å². The van der Waals surface area contributed by atoms with Crippen LogP contribution in [-0.2, 0) is 0 Å². The lowest BCUT2D eigenvalue weighted by Crippen LogP contribution is -2.49. The van der Waals surface area contributed by atoms with Crippen molar-refractivity contribution >= 4 is 0 Å². The Bertz CT molecular complexity index is 286. The van der Waals surface area contributed by atoms with Crippen LogP contribution in [0.15, 0.2) is 24.5 Å². The predicted molar refractivity (Wildman–Crippen MR) is 57.1 cm³/mol.